The van der Waals surface area contributed by atoms with Gasteiger partial charge in [-0.05, 0) is 49.9 Å². The lowest BCUT2D eigenvalue weighted by atomic mass is 10.2. The number of hydrogen-bond acceptors (Lipinski definition) is 5. The molecular weight excluding hydrogens is 412 g/mol. The first-order chi connectivity index (χ1) is 14.0. The molecule has 0 aliphatic carbocycles. The number of halogens is 1. The minimum absolute atomic E-state index is 0.148. The third-order valence-electron chi connectivity index (χ3n) is 4.56. The zero-order valence-corrected chi connectivity index (χ0v) is 17.9. The summed E-state index contributed by atoms with van der Waals surface area (Å²) < 4.78 is 11.1. The predicted octanol–water partition coefficient (Wildman–Crippen LogP) is 4.28. The number of anilines is 1. The van der Waals surface area contributed by atoms with Crippen molar-refractivity contribution in [2.45, 2.75) is 32.3 Å². The SMILES string of the molecule is Cc1cc(NC(=O)c2ccccc2Cl)sc1C(=O)NCCCOCC1CCCO1. The Balaban J connectivity index is 1.43. The lowest BCUT2D eigenvalue weighted by Crippen LogP contribution is -2.25. The van der Waals surface area contributed by atoms with Gasteiger partial charge in [0.05, 0.1) is 33.2 Å². The van der Waals surface area contributed by atoms with Crippen LogP contribution in [-0.4, -0.2) is 44.3 Å². The Morgan fingerprint density at radius 3 is 2.90 bits per heavy atom. The van der Waals surface area contributed by atoms with Crippen molar-refractivity contribution >= 4 is 39.8 Å². The summed E-state index contributed by atoms with van der Waals surface area (Å²) in [7, 11) is 0. The molecule has 0 spiro atoms. The molecule has 1 saturated heterocycles. The van der Waals surface area contributed by atoms with Gasteiger partial charge < -0.3 is 20.1 Å². The minimum atomic E-state index is -0.299. The van der Waals surface area contributed by atoms with Crippen molar-refractivity contribution in [3.8, 4) is 0 Å². The molecule has 3 rings (SSSR count). The molecule has 0 radical (unpaired) electrons. The van der Waals surface area contributed by atoms with Crippen LogP contribution in [0.2, 0.25) is 5.02 Å². The summed E-state index contributed by atoms with van der Waals surface area (Å²) in [5.74, 6) is -0.447. The molecular formula is C21H25ClN2O4S. The van der Waals surface area contributed by atoms with Gasteiger partial charge >= 0.3 is 0 Å². The zero-order chi connectivity index (χ0) is 20.6. The number of rotatable bonds is 9. The van der Waals surface area contributed by atoms with Crippen molar-refractivity contribution in [3.63, 3.8) is 0 Å². The first-order valence-electron chi connectivity index (χ1n) is 9.68. The first-order valence-corrected chi connectivity index (χ1v) is 10.9. The molecule has 1 aromatic heterocycles. The molecule has 1 aromatic carbocycles. The second-order valence-corrected chi connectivity index (χ2v) is 8.34. The third-order valence-corrected chi connectivity index (χ3v) is 6.04. The molecule has 29 heavy (non-hydrogen) atoms. The largest absolute Gasteiger partial charge is 0.379 e. The van der Waals surface area contributed by atoms with E-state index < -0.39 is 0 Å². The fraction of sp³-hybridized carbons (Fsp3) is 0.429. The quantitative estimate of drug-likeness (QED) is 0.575. The second-order valence-electron chi connectivity index (χ2n) is 6.88. The topological polar surface area (TPSA) is 76.7 Å². The van der Waals surface area contributed by atoms with Crippen LogP contribution in [0.4, 0.5) is 5.00 Å². The van der Waals surface area contributed by atoms with E-state index in [1.807, 2.05) is 6.92 Å². The van der Waals surface area contributed by atoms with Gasteiger partial charge in [0, 0.05) is 19.8 Å². The Labute approximate surface area is 179 Å². The van der Waals surface area contributed by atoms with Gasteiger partial charge in [0.15, 0.2) is 0 Å². The maximum atomic E-state index is 12.4. The third kappa shape index (κ3) is 6.27. The molecule has 2 heterocycles. The van der Waals surface area contributed by atoms with Crippen molar-refractivity contribution in [1.82, 2.24) is 5.32 Å². The number of carbonyl (C=O) groups excluding carboxylic acids is 2. The van der Waals surface area contributed by atoms with Gasteiger partial charge in [-0.25, -0.2) is 0 Å². The van der Waals surface area contributed by atoms with Crippen molar-refractivity contribution in [3.05, 3.63) is 51.4 Å². The van der Waals surface area contributed by atoms with E-state index in [0.29, 0.717) is 40.2 Å². The average molecular weight is 437 g/mol. The van der Waals surface area contributed by atoms with Crippen molar-refractivity contribution in [2.75, 3.05) is 31.7 Å². The first kappa shape index (κ1) is 21.8. The van der Waals surface area contributed by atoms with Crippen LogP contribution in [-0.2, 0) is 9.47 Å². The summed E-state index contributed by atoms with van der Waals surface area (Å²) in [6.45, 7) is 4.41. The van der Waals surface area contributed by atoms with E-state index >= 15 is 0 Å². The summed E-state index contributed by atoms with van der Waals surface area (Å²) in [4.78, 5) is 25.4. The molecule has 1 unspecified atom stereocenters. The highest BCUT2D eigenvalue weighted by molar-refractivity contribution is 7.18. The summed E-state index contributed by atoms with van der Waals surface area (Å²) in [6, 6.07) is 8.64. The Hall–Kier alpha value is -1.93. The number of aryl methyl sites for hydroxylation is 1. The van der Waals surface area contributed by atoms with Crippen molar-refractivity contribution in [1.29, 1.82) is 0 Å². The van der Waals surface area contributed by atoms with E-state index in [1.165, 1.54) is 11.3 Å². The van der Waals surface area contributed by atoms with Gasteiger partial charge in [0.1, 0.15) is 0 Å². The monoisotopic (exact) mass is 436 g/mol. The van der Waals surface area contributed by atoms with E-state index in [1.54, 1.807) is 30.3 Å². The van der Waals surface area contributed by atoms with Crippen LogP contribution in [0.15, 0.2) is 30.3 Å². The number of benzene rings is 1. The fourth-order valence-electron chi connectivity index (χ4n) is 3.04. The van der Waals surface area contributed by atoms with Crippen LogP contribution in [0.1, 0.15) is 44.9 Å². The molecule has 156 valence electrons. The summed E-state index contributed by atoms with van der Waals surface area (Å²) in [5, 5.41) is 6.71. The number of hydrogen-bond donors (Lipinski definition) is 2. The Morgan fingerprint density at radius 2 is 2.14 bits per heavy atom. The normalized spacial score (nSPS) is 16.0. The van der Waals surface area contributed by atoms with Crippen LogP contribution in [0.5, 0.6) is 0 Å². The van der Waals surface area contributed by atoms with Gasteiger partial charge in [0.25, 0.3) is 11.8 Å². The number of nitrogens with one attached hydrogen (secondary N) is 2. The summed E-state index contributed by atoms with van der Waals surface area (Å²) in [6.07, 6.45) is 3.12. The van der Waals surface area contributed by atoms with Crippen LogP contribution in [0.25, 0.3) is 0 Å². The van der Waals surface area contributed by atoms with E-state index in [0.717, 1.165) is 31.4 Å². The molecule has 2 N–H and O–H groups in total. The van der Waals surface area contributed by atoms with Crippen molar-refractivity contribution in [2.24, 2.45) is 0 Å². The smallest absolute Gasteiger partial charge is 0.261 e. The highest BCUT2D eigenvalue weighted by Gasteiger charge is 2.17. The molecule has 0 saturated carbocycles. The molecule has 1 aliphatic rings. The molecule has 2 amide bonds. The van der Waals surface area contributed by atoms with Crippen LogP contribution in [0.3, 0.4) is 0 Å². The average Bonchev–Trinajstić information content (AvgIpc) is 3.34. The van der Waals surface area contributed by atoms with E-state index in [-0.39, 0.29) is 17.9 Å². The van der Waals surface area contributed by atoms with E-state index in [9.17, 15) is 9.59 Å². The Morgan fingerprint density at radius 1 is 1.31 bits per heavy atom. The zero-order valence-electron chi connectivity index (χ0n) is 16.3. The van der Waals surface area contributed by atoms with Crippen LogP contribution < -0.4 is 10.6 Å². The molecule has 1 aliphatic heterocycles. The van der Waals surface area contributed by atoms with Crippen LogP contribution >= 0.6 is 22.9 Å². The van der Waals surface area contributed by atoms with Gasteiger partial charge in [-0.3, -0.25) is 9.59 Å². The molecule has 1 atom stereocenters. The van der Waals surface area contributed by atoms with E-state index in [2.05, 4.69) is 10.6 Å². The van der Waals surface area contributed by atoms with E-state index in [4.69, 9.17) is 21.1 Å². The Kier molecular flexibility index (Phi) is 8.06. The summed E-state index contributed by atoms with van der Waals surface area (Å²) >= 11 is 7.31. The lowest BCUT2D eigenvalue weighted by Gasteiger charge is -2.10. The van der Waals surface area contributed by atoms with Crippen LogP contribution in [0, 0.1) is 6.92 Å². The predicted molar refractivity (Wildman–Crippen MR) is 115 cm³/mol. The Bertz CT molecular complexity index is 849. The number of carbonyl (C=O) groups is 2. The highest BCUT2D eigenvalue weighted by Crippen LogP contribution is 2.27. The van der Waals surface area contributed by atoms with Gasteiger partial charge in [-0.1, -0.05) is 23.7 Å². The standard InChI is InChI=1S/C21H25ClN2O4S/c1-14-12-18(24-20(25)16-7-2-3-8-17(16)22)29-19(14)21(26)23-9-5-10-27-13-15-6-4-11-28-15/h2-3,7-8,12,15H,4-6,9-11,13H2,1H3,(H,23,26)(H,24,25). The fourth-order valence-corrected chi connectivity index (χ4v) is 4.25. The van der Waals surface area contributed by atoms with Gasteiger partial charge in [-0.2, -0.15) is 0 Å². The van der Waals surface area contributed by atoms with Gasteiger partial charge in [0.2, 0.25) is 0 Å². The molecule has 0 bridgehead atoms. The van der Waals surface area contributed by atoms with Crippen molar-refractivity contribution < 1.29 is 19.1 Å². The maximum Gasteiger partial charge on any atom is 0.261 e. The maximum absolute atomic E-state index is 12.4. The summed E-state index contributed by atoms with van der Waals surface area (Å²) in [5.41, 5.74) is 1.21. The minimum Gasteiger partial charge on any atom is -0.379 e. The number of thiophene rings is 1. The second kappa shape index (κ2) is 10.7. The number of ether oxygens (including phenoxy) is 2. The van der Waals surface area contributed by atoms with Gasteiger partial charge in [-0.15, -0.1) is 11.3 Å². The molecule has 1 fully saturated rings. The lowest BCUT2D eigenvalue weighted by molar-refractivity contribution is 0.0166. The molecule has 2 aromatic rings. The molecule has 8 heteroatoms. The molecule has 6 nitrogen and oxygen atoms in total. The highest BCUT2D eigenvalue weighted by atomic mass is 35.5. The number of amides is 2.